The van der Waals surface area contributed by atoms with Crippen molar-refractivity contribution in [3.63, 3.8) is 0 Å². The number of aliphatic hydroxyl groups excluding tert-OH is 1. The predicted octanol–water partition coefficient (Wildman–Crippen LogP) is 1.21. The molecule has 1 aliphatic rings. The third-order valence-corrected chi connectivity index (χ3v) is 4.45. The summed E-state index contributed by atoms with van der Waals surface area (Å²) in [5, 5.41) is 21.5. The van der Waals surface area contributed by atoms with Gasteiger partial charge in [-0.3, -0.25) is 9.69 Å². The third-order valence-electron chi connectivity index (χ3n) is 4.45. The molecule has 24 heavy (non-hydrogen) atoms. The lowest BCUT2D eigenvalue weighted by molar-refractivity contribution is -0.148. The molecule has 1 heterocycles. The Morgan fingerprint density at radius 3 is 2.71 bits per heavy atom. The summed E-state index contributed by atoms with van der Waals surface area (Å²) in [6.45, 7) is 2.41. The largest absolute Gasteiger partial charge is 0.480 e. The van der Waals surface area contributed by atoms with Crippen LogP contribution >= 0.6 is 0 Å². The quantitative estimate of drug-likeness (QED) is 0.692. The van der Waals surface area contributed by atoms with Gasteiger partial charge in [0, 0.05) is 6.54 Å². The second-order valence-corrected chi connectivity index (χ2v) is 6.21. The van der Waals surface area contributed by atoms with Crippen molar-refractivity contribution in [2.24, 2.45) is 0 Å². The lowest BCUT2D eigenvalue weighted by Crippen LogP contribution is -2.54. The molecule has 1 aromatic carbocycles. The molecule has 2 rings (SSSR count). The standard InChI is InChI=1S/C17H24N2O5/c1-17(15(21)22)8-5-9-19(17)10-14(11-20)18-16(23)24-12-13-6-3-2-4-7-13/h2-4,6-7,14,20H,5,8-12H2,1H3,(H,18,23)(H,21,22)/t14-,17-/m0/s1. The van der Waals surface area contributed by atoms with E-state index in [2.05, 4.69) is 5.32 Å². The van der Waals surface area contributed by atoms with Crippen molar-refractivity contribution in [2.75, 3.05) is 19.7 Å². The maximum absolute atomic E-state index is 11.9. The highest BCUT2D eigenvalue weighted by Crippen LogP contribution is 2.29. The molecule has 1 aromatic rings. The van der Waals surface area contributed by atoms with Crippen LogP contribution in [-0.4, -0.2) is 58.5 Å². The monoisotopic (exact) mass is 336 g/mol. The number of carbonyl (C=O) groups is 2. The number of likely N-dealkylation sites (tertiary alicyclic amines) is 1. The minimum atomic E-state index is -0.955. The second kappa shape index (κ2) is 8.12. The van der Waals surface area contributed by atoms with Crippen LogP contribution in [0.5, 0.6) is 0 Å². The molecule has 0 aromatic heterocycles. The van der Waals surface area contributed by atoms with Gasteiger partial charge in [-0.05, 0) is 31.9 Å². The van der Waals surface area contributed by atoms with Gasteiger partial charge in [-0.1, -0.05) is 30.3 Å². The number of nitrogens with zero attached hydrogens (tertiary/aromatic N) is 1. The van der Waals surface area contributed by atoms with Crippen molar-refractivity contribution < 1.29 is 24.5 Å². The number of nitrogens with one attached hydrogen (secondary N) is 1. The Balaban J connectivity index is 1.85. The Hall–Kier alpha value is -2.12. The molecule has 0 saturated carbocycles. The van der Waals surface area contributed by atoms with Gasteiger partial charge in [0.25, 0.3) is 0 Å². The summed E-state index contributed by atoms with van der Waals surface area (Å²) in [6, 6.07) is 8.70. The van der Waals surface area contributed by atoms with Gasteiger partial charge in [-0.15, -0.1) is 0 Å². The van der Waals surface area contributed by atoms with E-state index in [4.69, 9.17) is 4.74 Å². The summed E-state index contributed by atoms with van der Waals surface area (Å²) in [5.41, 5.74) is -0.0885. The molecule has 0 aliphatic carbocycles. The van der Waals surface area contributed by atoms with E-state index in [1.54, 1.807) is 11.8 Å². The number of rotatable bonds is 7. The molecule has 1 aliphatic heterocycles. The summed E-state index contributed by atoms with van der Waals surface area (Å²) in [7, 11) is 0. The summed E-state index contributed by atoms with van der Waals surface area (Å²) in [4.78, 5) is 25.1. The topological polar surface area (TPSA) is 99.1 Å². The fraction of sp³-hybridized carbons (Fsp3) is 0.529. The number of hydrogen-bond donors (Lipinski definition) is 3. The van der Waals surface area contributed by atoms with Gasteiger partial charge in [0.15, 0.2) is 0 Å². The summed E-state index contributed by atoms with van der Waals surface area (Å²) >= 11 is 0. The zero-order valence-electron chi connectivity index (χ0n) is 13.8. The zero-order valence-corrected chi connectivity index (χ0v) is 13.8. The van der Waals surface area contributed by atoms with Crippen molar-refractivity contribution in [2.45, 2.75) is 38.0 Å². The average Bonchev–Trinajstić information content (AvgIpc) is 2.95. The van der Waals surface area contributed by atoms with E-state index in [0.29, 0.717) is 13.0 Å². The maximum Gasteiger partial charge on any atom is 0.407 e. The van der Waals surface area contributed by atoms with Crippen molar-refractivity contribution in [1.29, 1.82) is 0 Å². The zero-order chi connectivity index (χ0) is 17.6. The van der Waals surface area contributed by atoms with Gasteiger partial charge in [-0.25, -0.2) is 4.79 Å². The minimum Gasteiger partial charge on any atom is -0.480 e. The lowest BCUT2D eigenvalue weighted by Gasteiger charge is -2.33. The van der Waals surface area contributed by atoms with E-state index in [0.717, 1.165) is 12.0 Å². The molecule has 1 saturated heterocycles. The van der Waals surface area contributed by atoms with Crippen molar-refractivity contribution in [1.82, 2.24) is 10.2 Å². The fourth-order valence-electron chi connectivity index (χ4n) is 2.90. The highest BCUT2D eigenvalue weighted by Gasteiger charge is 2.43. The highest BCUT2D eigenvalue weighted by molar-refractivity contribution is 5.78. The van der Waals surface area contributed by atoms with Crippen LogP contribution in [-0.2, 0) is 16.1 Å². The van der Waals surface area contributed by atoms with Crippen LogP contribution in [0.4, 0.5) is 4.79 Å². The number of ether oxygens (including phenoxy) is 1. The van der Waals surface area contributed by atoms with Crippen LogP contribution in [0.1, 0.15) is 25.3 Å². The maximum atomic E-state index is 11.9. The molecule has 0 radical (unpaired) electrons. The highest BCUT2D eigenvalue weighted by atomic mass is 16.5. The fourth-order valence-corrected chi connectivity index (χ4v) is 2.90. The Labute approximate surface area is 141 Å². The molecule has 0 spiro atoms. The Kier molecular flexibility index (Phi) is 6.16. The SMILES string of the molecule is C[C@@]1(C(=O)O)CCCN1C[C@@H](CO)NC(=O)OCc1ccccc1. The number of hydrogen-bond acceptors (Lipinski definition) is 5. The molecule has 7 nitrogen and oxygen atoms in total. The first-order chi connectivity index (χ1) is 11.5. The summed E-state index contributed by atoms with van der Waals surface area (Å²) in [6.07, 6.45) is 0.701. The number of carboxylic acids is 1. The predicted molar refractivity (Wildman–Crippen MR) is 87.5 cm³/mol. The average molecular weight is 336 g/mol. The molecule has 1 amide bonds. The number of alkyl carbamates (subject to hydrolysis) is 1. The molecular formula is C17H24N2O5. The van der Waals surface area contributed by atoms with Gasteiger partial charge in [-0.2, -0.15) is 0 Å². The third kappa shape index (κ3) is 4.46. The van der Waals surface area contributed by atoms with Crippen LogP contribution in [0, 0.1) is 0 Å². The molecule has 132 valence electrons. The van der Waals surface area contributed by atoms with E-state index in [1.165, 1.54) is 0 Å². The van der Waals surface area contributed by atoms with Crippen LogP contribution in [0.15, 0.2) is 30.3 Å². The molecule has 7 heteroatoms. The van der Waals surface area contributed by atoms with Gasteiger partial charge in [0.05, 0.1) is 12.6 Å². The lowest BCUT2D eigenvalue weighted by atomic mass is 9.99. The molecule has 0 unspecified atom stereocenters. The van der Waals surface area contributed by atoms with E-state index in [9.17, 15) is 19.8 Å². The normalized spacial score (nSPS) is 22.1. The first-order valence-electron chi connectivity index (χ1n) is 8.02. The number of aliphatic hydroxyl groups is 1. The first-order valence-corrected chi connectivity index (χ1v) is 8.02. The van der Waals surface area contributed by atoms with Gasteiger partial charge in [0.1, 0.15) is 12.1 Å². The van der Waals surface area contributed by atoms with Crippen molar-refractivity contribution in [3.05, 3.63) is 35.9 Å². The first kappa shape index (κ1) is 18.2. The van der Waals surface area contributed by atoms with Gasteiger partial charge in [0.2, 0.25) is 0 Å². The number of amides is 1. The number of carbonyl (C=O) groups excluding carboxylic acids is 1. The van der Waals surface area contributed by atoms with Crippen LogP contribution in [0.3, 0.4) is 0 Å². The Morgan fingerprint density at radius 1 is 1.38 bits per heavy atom. The second-order valence-electron chi connectivity index (χ2n) is 6.21. The summed E-state index contributed by atoms with van der Waals surface area (Å²) < 4.78 is 5.13. The molecular weight excluding hydrogens is 312 g/mol. The number of carboxylic acid groups (broad SMARTS) is 1. The van der Waals surface area contributed by atoms with Crippen LogP contribution < -0.4 is 5.32 Å². The number of benzene rings is 1. The number of aliphatic carboxylic acids is 1. The van der Waals surface area contributed by atoms with Crippen LogP contribution in [0.25, 0.3) is 0 Å². The van der Waals surface area contributed by atoms with Gasteiger partial charge < -0.3 is 20.3 Å². The molecule has 1 fully saturated rings. The van der Waals surface area contributed by atoms with E-state index in [1.807, 2.05) is 30.3 Å². The Bertz CT molecular complexity index is 565. The van der Waals surface area contributed by atoms with Crippen molar-refractivity contribution in [3.8, 4) is 0 Å². The molecule has 0 bridgehead atoms. The Morgan fingerprint density at radius 2 is 2.08 bits per heavy atom. The van der Waals surface area contributed by atoms with E-state index in [-0.39, 0.29) is 19.8 Å². The van der Waals surface area contributed by atoms with Crippen molar-refractivity contribution >= 4 is 12.1 Å². The smallest absolute Gasteiger partial charge is 0.407 e. The summed E-state index contributed by atoms with van der Waals surface area (Å²) in [5.74, 6) is -0.886. The van der Waals surface area contributed by atoms with E-state index >= 15 is 0 Å². The van der Waals surface area contributed by atoms with E-state index < -0.39 is 23.6 Å². The van der Waals surface area contributed by atoms with Gasteiger partial charge >= 0.3 is 12.1 Å². The minimum absolute atomic E-state index is 0.140. The molecule has 3 N–H and O–H groups in total. The molecule has 2 atom stereocenters. The van der Waals surface area contributed by atoms with Crippen LogP contribution in [0.2, 0.25) is 0 Å².